The number of imidazole rings is 1. The standard InChI is InChI=1S/C23H18ClF3N6O/c1-12-9-19(21-30-17-5-4-16(24)13(2)20(17)31-21)32(11-12)22(34)15-10-14(23(25,26)27)3-6-18(15)33-28-7-8-29-33/h3-8,10,19H,1,9,11H2,2H3,(H,30,31). The number of carbonyl (C=O) groups is 1. The van der Waals surface area contributed by atoms with Crippen molar-refractivity contribution in [3.05, 3.63) is 82.4 Å². The molecule has 2 aromatic heterocycles. The van der Waals surface area contributed by atoms with Crippen LogP contribution >= 0.6 is 11.6 Å². The molecule has 0 spiro atoms. The molecular formula is C23H18ClF3N6O. The lowest BCUT2D eigenvalue weighted by Crippen LogP contribution is -2.32. The number of rotatable bonds is 3. The van der Waals surface area contributed by atoms with Crippen molar-refractivity contribution in [1.29, 1.82) is 0 Å². The van der Waals surface area contributed by atoms with Crippen molar-refractivity contribution in [1.82, 2.24) is 29.9 Å². The van der Waals surface area contributed by atoms with Gasteiger partial charge in [0, 0.05) is 11.6 Å². The molecule has 11 heteroatoms. The Hall–Kier alpha value is -3.66. The van der Waals surface area contributed by atoms with Gasteiger partial charge in [-0.3, -0.25) is 4.79 Å². The predicted molar refractivity (Wildman–Crippen MR) is 120 cm³/mol. The van der Waals surface area contributed by atoms with E-state index in [9.17, 15) is 18.0 Å². The number of amides is 1. The number of likely N-dealkylation sites (tertiary alicyclic amines) is 1. The van der Waals surface area contributed by atoms with Crippen LogP contribution in [-0.2, 0) is 6.18 Å². The third-order valence-electron chi connectivity index (χ3n) is 5.88. The third kappa shape index (κ3) is 3.73. The zero-order valence-electron chi connectivity index (χ0n) is 17.9. The van der Waals surface area contributed by atoms with Crippen LogP contribution in [0.3, 0.4) is 0 Å². The van der Waals surface area contributed by atoms with Crippen molar-refractivity contribution in [3.8, 4) is 5.69 Å². The quantitative estimate of drug-likeness (QED) is 0.400. The van der Waals surface area contributed by atoms with Crippen molar-refractivity contribution >= 4 is 28.5 Å². The Morgan fingerprint density at radius 1 is 1.21 bits per heavy atom. The van der Waals surface area contributed by atoms with Gasteiger partial charge in [-0.1, -0.05) is 23.8 Å². The van der Waals surface area contributed by atoms with Gasteiger partial charge in [-0.05, 0) is 49.2 Å². The lowest BCUT2D eigenvalue weighted by Gasteiger charge is -2.24. The van der Waals surface area contributed by atoms with E-state index in [2.05, 4.69) is 26.7 Å². The molecule has 4 aromatic rings. The molecule has 1 amide bonds. The molecule has 1 aliphatic rings. The molecule has 1 fully saturated rings. The number of aromatic nitrogens is 5. The maximum absolute atomic E-state index is 13.7. The Kier molecular flexibility index (Phi) is 5.20. The number of alkyl halides is 3. The van der Waals surface area contributed by atoms with Crippen LogP contribution in [0.4, 0.5) is 13.2 Å². The molecule has 7 nitrogen and oxygen atoms in total. The highest BCUT2D eigenvalue weighted by molar-refractivity contribution is 6.32. The molecule has 174 valence electrons. The fourth-order valence-electron chi connectivity index (χ4n) is 4.17. The van der Waals surface area contributed by atoms with Crippen LogP contribution in [0.25, 0.3) is 16.7 Å². The van der Waals surface area contributed by atoms with E-state index < -0.39 is 23.7 Å². The number of hydrogen-bond donors (Lipinski definition) is 1. The van der Waals surface area contributed by atoms with E-state index in [4.69, 9.17) is 11.6 Å². The molecular weight excluding hydrogens is 469 g/mol. The molecule has 2 aromatic carbocycles. The van der Waals surface area contributed by atoms with E-state index in [1.54, 1.807) is 12.1 Å². The minimum atomic E-state index is -4.62. The van der Waals surface area contributed by atoms with Crippen molar-refractivity contribution in [3.63, 3.8) is 0 Å². The summed E-state index contributed by atoms with van der Waals surface area (Å²) in [5.41, 5.74) is 2.03. The predicted octanol–water partition coefficient (Wildman–Crippen LogP) is 5.27. The Morgan fingerprint density at radius 2 is 1.94 bits per heavy atom. The van der Waals surface area contributed by atoms with Crippen LogP contribution in [0.15, 0.2) is 54.9 Å². The average Bonchev–Trinajstić information content (AvgIpc) is 3.54. The molecule has 1 saturated heterocycles. The summed E-state index contributed by atoms with van der Waals surface area (Å²) in [6.07, 6.45) is -1.43. The third-order valence-corrected chi connectivity index (χ3v) is 6.29. The second kappa shape index (κ2) is 7.98. The average molecular weight is 487 g/mol. The molecule has 0 radical (unpaired) electrons. The minimum Gasteiger partial charge on any atom is -0.340 e. The van der Waals surface area contributed by atoms with E-state index in [0.29, 0.717) is 22.8 Å². The van der Waals surface area contributed by atoms with Crippen LogP contribution in [-0.4, -0.2) is 42.3 Å². The summed E-state index contributed by atoms with van der Waals surface area (Å²) in [6.45, 7) is 6.03. The molecule has 5 rings (SSSR count). The van der Waals surface area contributed by atoms with Crippen LogP contribution in [0.2, 0.25) is 5.02 Å². The summed E-state index contributed by atoms with van der Waals surface area (Å²) < 4.78 is 40.4. The Balaban J connectivity index is 1.60. The molecule has 1 unspecified atom stereocenters. The van der Waals surface area contributed by atoms with Gasteiger partial charge in [-0.2, -0.15) is 28.2 Å². The van der Waals surface area contributed by atoms with E-state index >= 15 is 0 Å². The number of nitrogens with one attached hydrogen (secondary N) is 1. The Bertz CT molecular complexity index is 1430. The van der Waals surface area contributed by atoms with E-state index in [1.165, 1.54) is 23.4 Å². The molecule has 1 aliphatic heterocycles. The number of halogens is 4. The number of aryl methyl sites for hydroxylation is 1. The minimum absolute atomic E-state index is 0.145. The second-order valence-electron chi connectivity index (χ2n) is 8.14. The molecule has 1 atom stereocenters. The zero-order chi connectivity index (χ0) is 24.2. The normalized spacial score (nSPS) is 16.6. The van der Waals surface area contributed by atoms with Gasteiger partial charge < -0.3 is 9.88 Å². The van der Waals surface area contributed by atoms with Gasteiger partial charge in [0.05, 0.1) is 46.3 Å². The monoisotopic (exact) mass is 486 g/mol. The lowest BCUT2D eigenvalue weighted by molar-refractivity contribution is -0.137. The number of carbonyl (C=O) groups excluding carboxylic acids is 1. The number of benzene rings is 2. The first kappa shape index (κ1) is 22.1. The van der Waals surface area contributed by atoms with Gasteiger partial charge in [0.25, 0.3) is 5.91 Å². The van der Waals surface area contributed by atoms with Gasteiger partial charge in [0.2, 0.25) is 0 Å². The zero-order valence-corrected chi connectivity index (χ0v) is 18.7. The van der Waals surface area contributed by atoms with Gasteiger partial charge in [0.1, 0.15) is 5.82 Å². The van der Waals surface area contributed by atoms with Crippen LogP contribution in [0.5, 0.6) is 0 Å². The molecule has 0 saturated carbocycles. The van der Waals surface area contributed by atoms with Gasteiger partial charge in [-0.25, -0.2) is 4.98 Å². The first-order chi connectivity index (χ1) is 16.1. The smallest absolute Gasteiger partial charge is 0.340 e. The van der Waals surface area contributed by atoms with E-state index in [0.717, 1.165) is 33.6 Å². The summed E-state index contributed by atoms with van der Waals surface area (Å²) in [5, 5.41) is 8.55. The van der Waals surface area contributed by atoms with Crippen LogP contribution < -0.4 is 0 Å². The number of hydrogen-bond acceptors (Lipinski definition) is 4. The van der Waals surface area contributed by atoms with Crippen LogP contribution in [0.1, 0.15) is 39.8 Å². The topological polar surface area (TPSA) is 79.7 Å². The molecule has 0 aliphatic carbocycles. The van der Waals surface area contributed by atoms with Crippen molar-refractivity contribution in [2.75, 3.05) is 6.54 Å². The van der Waals surface area contributed by atoms with Crippen molar-refractivity contribution in [2.45, 2.75) is 25.6 Å². The number of aromatic amines is 1. The summed E-state index contributed by atoms with van der Waals surface area (Å²) in [6, 6.07) is 5.96. The summed E-state index contributed by atoms with van der Waals surface area (Å²) >= 11 is 6.22. The highest BCUT2D eigenvalue weighted by Crippen LogP contribution is 2.38. The lowest BCUT2D eigenvalue weighted by atomic mass is 10.1. The highest BCUT2D eigenvalue weighted by atomic mass is 35.5. The van der Waals surface area contributed by atoms with E-state index in [-0.39, 0.29) is 17.8 Å². The highest BCUT2D eigenvalue weighted by Gasteiger charge is 2.38. The molecule has 1 N–H and O–H groups in total. The number of nitrogens with zero attached hydrogens (tertiary/aromatic N) is 5. The largest absolute Gasteiger partial charge is 0.416 e. The van der Waals surface area contributed by atoms with Gasteiger partial charge in [-0.15, -0.1) is 0 Å². The van der Waals surface area contributed by atoms with Gasteiger partial charge >= 0.3 is 6.18 Å². The first-order valence-corrected chi connectivity index (χ1v) is 10.7. The van der Waals surface area contributed by atoms with Crippen molar-refractivity contribution < 1.29 is 18.0 Å². The Labute approximate surface area is 196 Å². The fraction of sp³-hybridized carbons (Fsp3) is 0.217. The van der Waals surface area contributed by atoms with E-state index in [1.807, 2.05) is 6.92 Å². The first-order valence-electron chi connectivity index (χ1n) is 10.3. The molecule has 3 heterocycles. The van der Waals surface area contributed by atoms with Crippen molar-refractivity contribution in [2.24, 2.45) is 0 Å². The van der Waals surface area contributed by atoms with Crippen LogP contribution in [0, 0.1) is 6.92 Å². The SMILES string of the molecule is C=C1CC(c2nc3c(C)c(Cl)ccc3[nH]2)N(C(=O)c2cc(C(F)(F)F)ccc2-n2nccn2)C1. The van der Waals surface area contributed by atoms with Gasteiger partial charge in [0.15, 0.2) is 0 Å². The fourth-order valence-corrected chi connectivity index (χ4v) is 4.33. The number of fused-ring (bicyclic) bond motifs is 1. The summed E-state index contributed by atoms with van der Waals surface area (Å²) in [4.78, 5) is 24.2. The second-order valence-corrected chi connectivity index (χ2v) is 8.55. The molecule has 0 bridgehead atoms. The number of H-pyrrole nitrogens is 1. The summed E-state index contributed by atoms with van der Waals surface area (Å²) in [5.74, 6) is -0.0876. The Morgan fingerprint density at radius 3 is 2.65 bits per heavy atom. The summed E-state index contributed by atoms with van der Waals surface area (Å²) in [7, 11) is 0. The molecule has 34 heavy (non-hydrogen) atoms. The maximum Gasteiger partial charge on any atom is 0.416 e. The maximum atomic E-state index is 13.7.